The van der Waals surface area contributed by atoms with Crippen LogP contribution < -0.4 is 5.32 Å². The molecule has 1 aromatic carbocycles. The number of amides is 1. The van der Waals surface area contributed by atoms with Gasteiger partial charge >= 0.3 is 0 Å². The van der Waals surface area contributed by atoms with Gasteiger partial charge in [-0.15, -0.1) is 12.4 Å². The molecule has 2 aromatic rings. The van der Waals surface area contributed by atoms with E-state index in [1.807, 2.05) is 25.1 Å². The molecule has 0 bridgehead atoms. The first kappa shape index (κ1) is 14.7. The van der Waals surface area contributed by atoms with Gasteiger partial charge in [-0.2, -0.15) is 0 Å². The highest BCUT2D eigenvalue weighted by molar-refractivity contribution is 9.10. The molecular formula is C13H12BrClN2O. The predicted molar refractivity (Wildman–Crippen MR) is 78.3 cm³/mol. The van der Waals surface area contributed by atoms with Crippen LogP contribution in [0, 0.1) is 6.92 Å². The second-order valence-corrected chi connectivity index (χ2v) is 4.51. The number of benzene rings is 1. The van der Waals surface area contributed by atoms with Crippen molar-refractivity contribution in [3.63, 3.8) is 0 Å². The molecule has 1 heterocycles. The van der Waals surface area contributed by atoms with Gasteiger partial charge in [0.25, 0.3) is 5.91 Å². The average molecular weight is 328 g/mol. The van der Waals surface area contributed by atoms with E-state index < -0.39 is 0 Å². The maximum Gasteiger partial charge on any atom is 0.257 e. The monoisotopic (exact) mass is 326 g/mol. The van der Waals surface area contributed by atoms with Crippen LogP contribution in [0.2, 0.25) is 0 Å². The van der Waals surface area contributed by atoms with Crippen molar-refractivity contribution in [2.24, 2.45) is 0 Å². The first-order valence-corrected chi connectivity index (χ1v) is 5.93. The molecule has 94 valence electrons. The van der Waals surface area contributed by atoms with Crippen LogP contribution in [-0.2, 0) is 0 Å². The van der Waals surface area contributed by atoms with Crippen LogP contribution in [0.4, 0.5) is 5.69 Å². The highest BCUT2D eigenvalue weighted by Gasteiger charge is 2.06. The number of hydrogen-bond donors (Lipinski definition) is 1. The van der Waals surface area contributed by atoms with Gasteiger partial charge in [-0.1, -0.05) is 22.0 Å². The topological polar surface area (TPSA) is 42.0 Å². The summed E-state index contributed by atoms with van der Waals surface area (Å²) in [5, 5.41) is 2.82. The zero-order valence-electron chi connectivity index (χ0n) is 9.68. The molecule has 0 aliphatic carbocycles. The lowest BCUT2D eigenvalue weighted by Gasteiger charge is -2.06. The van der Waals surface area contributed by atoms with Gasteiger partial charge in [0, 0.05) is 22.6 Å². The number of hydrogen-bond acceptors (Lipinski definition) is 2. The van der Waals surface area contributed by atoms with Crippen molar-refractivity contribution in [2.75, 3.05) is 5.32 Å². The molecule has 0 saturated carbocycles. The number of carbonyl (C=O) groups excluding carboxylic acids is 1. The highest BCUT2D eigenvalue weighted by atomic mass is 79.9. The lowest BCUT2D eigenvalue weighted by atomic mass is 10.2. The van der Waals surface area contributed by atoms with E-state index in [4.69, 9.17) is 0 Å². The molecule has 0 atom stereocenters. The molecule has 0 aliphatic rings. The zero-order valence-corrected chi connectivity index (χ0v) is 12.1. The molecule has 1 amide bonds. The lowest BCUT2D eigenvalue weighted by Crippen LogP contribution is -2.11. The first-order valence-electron chi connectivity index (χ1n) is 5.14. The van der Waals surface area contributed by atoms with Crippen LogP contribution in [0.25, 0.3) is 0 Å². The van der Waals surface area contributed by atoms with Crippen molar-refractivity contribution >= 4 is 39.9 Å². The molecule has 0 saturated heterocycles. The van der Waals surface area contributed by atoms with Crippen LogP contribution in [0.3, 0.4) is 0 Å². The third-order valence-electron chi connectivity index (χ3n) is 2.35. The van der Waals surface area contributed by atoms with Crippen LogP contribution >= 0.6 is 28.3 Å². The fourth-order valence-corrected chi connectivity index (χ4v) is 1.75. The smallest absolute Gasteiger partial charge is 0.257 e. The van der Waals surface area contributed by atoms with Gasteiger partial charge < -0.3 is 5.32 Å². The molecule has 0 radical (unpaired) electrons. The van der Waals surface area contributed by atoms with Crippen molar-refractivity contribution in [2.45, 2.75) is 6.92 Å². The Morgan fingerprint density at radius 2 is 2.11 bits per heavy atom. The number of pyridine rings is 1. The van der Waals surface area contributed by atoms with Crippen molar-refractivity contribution in [3.05, 3.63) is 58.3 Å². The van der Waals surface area contributed by atoms with E-state index in [2.05, 4.69) is 26.2 Å². The Balaban J connectivity index is 0.00000162. The molecule has 2 rings (SSSR count). The normalized spacial score (nSPS) is 9.44. The van der Waals surface area contributed by atoms with Gasteiger partial charge in [0.2, 0.25) is 0 Å². The summed E-state index contributed by atoms with van der Waals surface area (Å²) < 4.78 is 0.974. The second kappa shape index (κ2) is 6.52. The number of nitrogens with one attached hydrogen (secondary N) is 1. The number of carbonyl (C=O) groups is 1. The largest absolute Gasteiger partial charge is 0.322 e. The van der Waals surface area contributed by atoms with E-state index >= 15 is 0 Å². The van der Waals surface area contributed by atoms with E-state index in [1.54, 1.807) is 24.5 Å². The number of aromatic nitrogens is 1. The minimum atomic E-state index is -0.158. The lowest BCUT2D eigenvalue weighted by molar-refractivity contribution is 0.102. The minimum absolute atomic E-state index is 0. The highest BCUT2D eigenvalue weighted by Crippen LogP contribution is 2.20. The Hall–Kier alpha value is -1.39. The second-order valence-electron chi connectivity index (χ2n) is 3.66. The third-order valence-corrected chi connectivity index (χ3v) is 3.21. The maximum absolute atomic E-state index is 11.8. The van der Waals surface area contributed by atoms with Gasteiger partial charge in [0.1, 0.15) is 0 Å². The Kier molecular flexibility index (Phi) is 5.31. The molecule has 1 aromatic heterocycles. The van der Waals surface area contributed by atoms with Crippen LogP contribution in [0.5, 0.6) is 0 Å². The summed E-state index contributed by atoms with van der Waals surface area (Å²) >= 11 is 3.43. The van der Waals surface area contributed by atoms with Gasteiger partial charge in [0.15, 0.2) is 0 Å². The molecule has 0 aliphatic heterocycles. The fourth-order valence-electron chi connectivity index (χ4n) is 1.37. The summed E-state index contributed by atoms with van der Waals surface area (Å²) in [5.41, 5.74) is 2.44. The summed E-state index contributed by atoms with van der Waals surface area (Å²) in [4.78, 5) is 15.8. The van der Waals surface area contributed by atoms with Crippen molar-refractivity contribution < 1.29 is 4.79 Å². The number of aryl methyl sites for hydroxylation is 1. The molecular weight excluding hydrogens is 316 g/mol. The number of anilines is 1. The number of nitrogens with zero attached hydrogens (tertiary/aromatic N) is 1. The molecule has 0 unspecified atom stereocenters. The standard InChI is InChI=1S/C13H11BrN2O.ClH/c1-9-4-5-11(7-12(9)14)16-13(17)10-3-2-6-15-8-10;/h2-8H,1H3,(H,16,17);1H. The predicted octanol–water partition coefficient (Wildman–Crippen LogP) is 3.83. The Bertz CT molecular complexity index is 546. The zero-order chi connectivity index (χ0) is 12.3. The van der Waals surface area contributed by atoms with Crippen molar-refractivity contribution in [1.29, 1.82) is 0 Å². The van der Waals surface area contributed by atoms with E-state index in [0.717, 1.165) is 15.7 Å². The van der Waals surface area contributed by atoms with Crippen LogP contribution in [0.15, 0.2) is 47.2 Å². The average Bonchev–Trinajstić information content (AvgIpc) is 2.35. The molecule has 0 fully saturated rings. The Morgan fingerprint density at radius 1 is 1.33 bits per heavy atom. The number of rotatable bonds is 2. The maximum atomic E-state index is 11.8. The molecule has 1 N–H and O–H groups in total. The molecule has 3 nitrogen and oxygen atoms in total. The number of halogens is 2. The summed E-state index contributed by atoms with van der Waals surface area (Å²) in [6.45, 7) is 2.00. The quantitative estimate of drug-likeness (QED) is 0.911. The van der Waals surface area contributed by atoms with E-state index in [1.165, 1.54) is 0 Å². The Labute approximate surface area is 120 Å². The molecule has 0 spiro atoms. The SMILES string of the molecule is Cc1ccc(NC(=O)c2cccnc2)cc1Br.Cl. The van der Waals surface area contributed by atoms with Gasteiger partial charge in [-0.05, 0) is 36.8 Å². The first-order chi connectivity index (χ1) is 8.16. The van der Waals surface area contributed by atoms with Crippen molar-refractivity contribution in [3.8, 4) is 0 Å². The minimum Gasteiger partial charge on any atom is -0.322 e. The third kappa shape index (κ3) is 3.55. The van der Waals surface area contributed by atoms with E-state index in [9.17, 15) is 4.79 Å². The van der Waals surface area contributed by atoms with Gasteiger partial charge in [0.05, 0.1) is 5.56 Å². The summed E-state index contributed by atoms with van der Waals surface area (Å²) in [6, 6.07) is 9.16. The van der Waals surface area contributed by atoms with Gasteiger partial charge in [-0.25, -0.2) is 0 Å². The Morgan fingerprint density at radius 3 is 2.72 bits per heavy atom. The summed E-state index contributed by atoms with van der Waals surface area (Å²) in [5.74, 6) is -0.158. The summed E-state index contributed by atoms with van der Waals surface area (Å²) in [6.07, 6.45) is 3.18. The molecule has 18 heavy (non-hydrogen) atoms. The summed E-state index contributed by atoms with van der Waals surface area (Å²) in [7, 11) is 0. The van der Waals surface area contributed by atoms with E-state index in [-0.39, 0.29) is 18.3 Å². The van der Waals surface area contributed by atoms with Crippen molar-refractivity contribution in [1.82, 2.24) is 4.98 Å². The van der Waals surface area contributed by atoms with Crippen LogP contribution in [0.1, 0.15) is 15.9 Å². The molecule has 5 heteroatoms. The van der Waals surface area contributed by atoms with Gasteiger partial charge in [-0.3, -0.25) is 9.78 Å². The van der Waals surface area contributed by atoms with E-state index in [0.29, 0.717) is 5.56 Å². The van der Waals surface area contributed by atoms with Crippen LogP contribution in [-0.4, -0.2) is 10.9 Å². The fraction of sp³-hybridized carbons (Fsp3) is 0.0769.